The van der Waals surface area contributed by atoms with Gasteiger partial charge < -0.3 is 5.32 Å². The first-order chi connectivity index (χ1) is 11.2. The van der Waals surface area contributed by atoms with Gasteiger partial charge in [-0.3, -0.25) is 14.4 Å². The lowest BCUT2D eigenvalue weighted by molar-refractivity contribution is 0.0935. The standard InChI is InChI=1S/C16H22N6O/c1-21-11-14(10-20-21)16(23)19-9-13-3-7-22(8-4-13)12-15-17-5-2-6-18-15/h2,5-6,10-11,13H,3-4,7-9,12H2,1H3,(H,19,23). The van der Waals surface area contributed by atoms with E-state index in [2.05, 4.69) is 25.3 Å². The molecule has 1 amide bonds. The molecule has 0 saturated carbocycles. The largest absolute Gasteiger partial charge is 0.352 e. The summed E-state index contributed by atoms with van der Waals surface area (Å²) < 4.78 is 1.64. The number of aryl methyl sites for hydroxylation is 1. The zero-order valence-corrected chi connectivity index (χ0v) is 13.4. The Labute approximate surface area is 135 Å². The Hall–Kier alpha value is -2.28. The monoisotopic (exact) mass is 314 g/mol. The molecule has 0 bridgehead atoms. The quantitative estimate of drug-likeness (QED) is 0.885. The highest BCUT2D eigenvalue weighted by molar-refractivity contribution is 5.93. The van der Waals surface area contributed by atoms with Crippen molar-refractivity contribution in [2.24, 2.45) is 13.0 Å². The van der Waals surface area contributed by atoms with E-state index in [1.165, 1.54) is 0 Å². The maximum atomic E-state index is 12.0. The van der Waals surface area contributed by atoms with Crippen LogP contribution >= 0.6 is 0 Å². The van der Waals surface area contributed by atoms with E-state index in [-0.39, 0.29) is 5.91 Å². The number of piperidine rings is 1. The molecule has 23 heavy (non-hydrogen) atoms. The maximum Gasteiger partial charge on any atom is 0.254 e. The van der Waals surface area contributed by atoms with Gasteiger partial charge in [0.1, 0.15) is 5.82 Å². The fourth-order valence-corrected chi connectivity index (χ4v) is 2.84. The maximum absolute atomic E-state index is 12.0. The highest BCUT2D eigenvalue weighted by atomic mass is 16.1. The van der Waals surface area contributed by atoms with Crippen LogP contribution in [0.15, 0.2) is 30.9 Å². The lowest BCUT2D eigenvalue weighted by Crippen LogP contribution is -2.38. The second kappa shape index (κ2) is 7.32. The van der Waals surface area contributed by atoms with Crippen LogP contribution in [0.1, 0.15) is 29.0 Å². The fourth-order valence-electron chi connectivity index (χ4n) is 2.84. The van der Waals surface area contributed by atoms with Gasteiger partial charge in [0, 0.05) is 32.2 Å². The van der Waals surface area contributed by atoms with Crippen molar-refractivity contribution in [3.05, 3.63) is 42.2 Å². The average Bonchev–Trinajstić information content (AvgIpc) is 3.01. The van der Waals surface area contributed by atoms with Crippen LogP contribution in [0.5, 0.6) is 0 Å². The van der Waals surface area contributed by atoms with Crippen molar-refractivity contribution in [1.82, 2.24) is 30.0 Å². The van der Waals surface area contributed by atoms with E-state index in [1.807, 2.05) is 13.1 Å². The molecular weight excluding hydrogens is 292 g/mol. The predicted octanol–water partition coefficient (Wildman–Crippen LogP) is 0.852. The van der Waals surface area contributed by atoms with Crippen LogP contribution < -0.4 is 5.32 Å². The van der Waals surface area contributed by atoms with Crippen molar-refractivity contribution >= 4 is 5.91 Å². The molecule has 0 aromatic carbocycles. The topological polar surface area (TPSA) is 75.9 Å². The molecule has 1 aliphatic rings. The van der Waals surface area contributed by atoms with Gasteiger partial charge in [0.05, 0.1) is 18.3 Å². The Balaban J connectivity index is 1.40. The minimum absolute atomic E-state index is 0.0433. The summed E-state index contributed by atoms with van der Waals surface area (Å²) in [7, 11) is 1.81. The van der Waals surface area contributed by atoms with Crippen LogP contribution in [0.2, 0.25) is 0 Å². The summed E-state index contributed by atoms with van der Waals surface area (Å²) >= 11 is 0. The molecule has 0 atom stereocenters. The van der Waals surface area contributed by atoms with Gasteiger partial charge in [-0.25, -0.2) is 9.97 Å². The smallest absolute Gasteiger partial charge is 0.254 e. The van der Waals surface area contributed by atoms with Crippen LogP contribution in [0.3, 0.4) is 0 Å². The van der Waals surface area contributed by atoms with Crippen LogP contribution in [0, 0.1) is 5.92 Å². The number of amides is 1. The number of carbonyl (C=O) groups is 1. The number of likely N-dealkylation sites (tertiary alicyclic amines) is 1. The zero-order chi connectivity index (χ0) is 16.1. The number of carbonyl (C=O) groups excluding carboxylic acids is 1. The Bertz CT molecular complexity index is 633. The summed E-state index contributed by atoms with van der Waals surface area (Å²) in [6.45, 7) is 3.57. The molecule has 0 unspecified atom stereocenters. The fraction of sp³-hybridized carbons (Fsp3) is 0.500. The van der Waals surface area contributed by atoms with E-state index < -0.39 is 0 Å². The summed E-state index contributed by atoms with van der Waals surface area (Å²) in [5, 5.41) is 7.03. The highest BCUT2D eigenvalue weighted by Gasteiger charge is 2.20. The third-order valence-electron chi connectivity index (χ3n) is 4.21. The summed E-state index contributed by atoms with van der Waals surface area (Å²) in [6, 6.07) is 1.83. The molecule has 1 saturated heterocycles. The van der Waals surface area contributed by atoms with Gasteiger partial charge in [0.25, 0.3) is 5.91 Å². The van der Waals surface area contributed by atoms with Crippen molar-refractivity contribution in [2.45, 2.75) is 19.4 Å². The van der Waals surface area contributed by atoms with E-state index in [1.54, 1.807) is 29.5 Å². The molecule has 1 fully saturated rings. The molecule has 0 radical (unpaired) electrons. The van der Waals surface area contributed by atoms with E-state index in [9.17, 15) is 4.79 Å². The molecule has 2 aromatic rings. The highest BCUT2D eigenvalue weighted by Crippen LogP contribution is 2.17. The summed E-state index contributed by atoms with van der Waals surface area (Å²) in [4.78, 5) is 22.9. The predicted molar refractivity (Wildman–Crippen MR) is 85.6 cm³/mol. The number of rotatable bonds is 5. The molecule has 7 nitrogen and oxygen atoms in total. The molecular formula is C16H22N6O. The molecule has 7 heteroatoms. The number of nitrogens with zero attached hydrogens (tertiary/aromatic N) is 5. The van der Waals surface area contributed by atoms with Gasteiger partial charge in [-0.05, 0) is 37.9 Å². The Morgan fingerprint density at radius 1 is 1.30 bits per heavy atom. The lowest BCUT2D eigenvalue weighted by Gasteiger charge is -2.31. The third-order valence-corrected chi connectivity index (χ3v) is 4.21. The van der Waals surface area contributed by atoms with Gasteiger partial charge in [0.2, 0.25) is 0 Å². The van der Waals surface area contributed by atoms with Crippen LogP contribution in [0.25, 0.3) is 0 Å². The second-order valence-electron chi connectivity index (χ2n) is 6.00. The van der Waals surface area contributed by atoms with E-state index >= 15 is 0 Å². The molecule has 122 valence electrons. The molecule has 3 rings (SSSR count). The van der Waals surface area contributed by atoms with Crippen LogP contribution in [-0.2, 0) is 13.6 Å². The molecule has 0 spiro atoms. The van der Waals surface area contributed by atoms with Gasteiger partial charge in [-0.15, -0.1) is 0 Å². The van der Waals surface area contributed by atoms with Crippen LogP contribution in [-0.4, -0.2) is 50.2 Å². The second-order valence-corrected chi connectivity index (χ2v) is 6.00. The number of hydrogen-bond acceptors (Lipinski definition) is 5. The van der Waals surface area contributed by atoms with Crippen molar-refractivity contribution in [1.29, 1.82) is 0 Å². The first kappa shape index (κ1) is 15.6. The number of aromatic nitrogens is 4. The minimum Gasteiger partial charge on any atom is -0.352 e. The van der Waals surface area contributed by atoms with Crippen molar-refractivity contribution in [3.8, 4) is 0 Å². The van der Waals surface area contributed by atoms with E-state index in [4.69, 9.17) is 0 Å². The average molecular weight is 314 g/mol. The molecule has 1 aliphatic heterocycles. The molecule has 1 N–H and O–H groups in total. The van der Waals surface area contributed by atoms with Crippen LogP contribution in [0.4, 0.5) is 0 Å². The Morgan fingerprint density at radius 3 is 2.70 bits per heavy atom. The summed E-state index contributed by atoms with van der Waals surface area (Å²) in [5.74, 6) is 1.36. The van der Waals surface area contributed by atoms with Gasteiger partial charge >= 0.3 is 0 Å². The van der Waals surface area contributed by atoms with Crippen molar-refractivity contribution < 1.29 is 4.79 Å². The number of hydrogen-bond donors (Lipinski definition) is 1. The van der Waals surface area contributed by atoms with Crippen molar-refractivity contribution in [3.63, 3.8) is 0 Å². The zero-order valence-electron chi connectivity index (χ0n) is 13.4. The Morgan fingerprint density at radius 2 is 2.04 bits per heavy atom. The van der Waals surface area contributed by atoms with Gasteiger partial charge in [-0.1, -0.05) is 0 Å². The normalized spacial score (nSPS) is 16.4. The van der Waals surface area contributed by atoms with Crippen molar-refractivity contribution in [2.75, 3.05) is 19.6 Å². The minimum atomic E-state index is -0.0433. The summed E-state index contributed by atoms with van der Waals surface area (Å²) in [5.41, 5.74) is 0.617. The Kier molecular flexibility index (Phi) is 4.97. The SMILES string of the molecule is Cn1cc(C(=O)NCC2CCN(Cc3ncccn3)CC2)cn1. The lowest BCUT2D eigenvalue weighted by atomic mass is 9.96. The first-order valence-electron chi connectivity index (χ1n) is 7.96. The van der Waals surface area contributed by atoms with Gasteiger partial charge in [0.15, 0.2) is 0 Å². The first-order valence-corrected chi connectivity index (χ1v) is 7.96. The summed E-state index contributed by atoms with van der Waals surface area (Å²) in [6.07, 6.45) is 9.06. The molecule has 2 aromatic heterocycles. The third kappa shape index (κ3) is 4.35. The van der Waals surface area contributed by atoms with E-state index in [0.29, 0.717) is 11.5 Å². The molecule has 0 aliphatic carbocycles. The van der Waals surface area contributed by atoms with E-state index in [0.717, 1.165) is 44.8 Å². The number of nitrogens with one attached hydrogen (secondary N) is 1. The van der Waals surface area contributed by atoms with Gasteiger partial charge in [-0.2, -0.15) is 5.10 Å². The molecule has 3 heterocycles.